The van der Waals surface area contributed by atoms with Gasteiger partial charge in [-0.05, 0) is 0 Å². The molecule has 16 heteroatoms. The van der Waals surface area contributed by atoms with Crippen molar-refractivity contribution in [3.05, 3.63) is 0 Å². The number of nitrogens with one attached hydrogen (secondary N) is 4. The number of rotatable bonds is 11. The quantitative estimate of drug-likeness (QED) is 0.179. The number of piperazine rings is 2. The van der Waals surface area contributed by atoms with Crippen molar-refractivity contribution in [2.75, 3.05) is 91.6 Å². The number of hydrogen-bond acceptors (Lipinski definition) is 14. The topological polar surface area (TPSA) is 215 Å². The summed E-state index contributed by atoms with van der Waals surface area (Å²) in [5.74, 6) is -6.12. The number of aliphatic carboxylic acids is 4. The largest absolute Gasteiger partial charge is 2.00 e. The Morgan fingerprint density at radius 2 is 0.647 bits per heavy atom. The van der Waals surface area contributed by atoms with Gasteiger partial charge in [-0.1, -0.05) is 0 Å². The van der Waals surface area contributed by atoms with Crippen molar-refractivity contribution < 1.29 is 39.6 Å². The SMILES string of the molecule is C1CNCCN1.C1CNCCN1.O=C([O-])CN(CCN(CC(=O)[O-])CC(=O)[O-])CC(=O)[O-].[Ca+2].[Ca+2]. The normalized spacial score (nSPS) is 14.8. The van der Waals surface area contributed by atoms with Crippen LogP contribution in [0.3, 0.4) is 0 Å². The van der Waals surface area contributed by atoms with E-state index in [9.17, 15) is 39.6 Å². The van der Waals surface area contributed by atoms with E-state index in [0.29, 0.717) is 0 Å². The van der Waals surface area contributed by atoms with Crippen molar-refractivity contribution in [1.29, 1.82) is 0 Å². The van der Waals surface area contributed by atoms with E-state index in [0.717, 1.165) is 62.2 Å². The summed E-state index contributed by atoms with van der Waals surface area (Å²) in [5, 5.41) is 54.5. The molecule has 186 valence electrons. The standard InChI is InChI=1S/C10H16N2O8.2C4H10N2.2Ca/c13-7(14)3-11(4-8(15)16)1-2-12(5-9(17)18)6-10(19)20;2*1-2-6-4-3-5-1;;/h1-6H2,(H,13,14)(H,15,16)(H,17,18)(H,19,20);2*5-6H,1-4H2;;/q;;;2*+2/p-4. The van der Waals surface area contributed by atoms with Crippen LogP contribution in [0.2, 0.25) is 0 Å². The van der Waals surface area contributed by atoms with Gasteiger partial charge in [-0.25, -0.2) is 0 Å². The van der Waals surface area contributed by atoms with E-state index in [4.69, 9.17) is 0 Å². The van der Waals surface area contributed by atoms with Crippen LogP contribution >= 0.6 is 0 Å². The fraction of sp³-hybridized carbons (Fsp3) is 0.778. The van der Waals surface area contributed by atoms with Crippen molar-refractivity contribution in [2.24, 2.45) is 0 Å². The average molecular weight is 541 g/mol. The van der Waals surface area contributed by atoms with Crippen LogP contribution in [0.15, 0.2) is 0 Å². The molecule has 0 aromatic carbocycles. The number of hydrogen-bond donors (Lipinski definition) is 4. The van der Waals surface area contributed by atoms with Crippen LogP contribution in [0.4, 0.5) is 0 Å². The molecule has 2 saturated heterocycles. The molecule has 0 amide bonds. The molecule has 4 N–H and O–H groups in total. The predicted octanol–water partition coefficient (Wildman–Crippen LogP) is -9.81. The Bertz CT molecular complexity index is 466. The molecule has 2 heterocycles. The third kappa shape index (κ3) is 28.4. The molecule has 0 bridgehead atoms. The van der Waals surface area contributed by atoms with Gasteiger partial charge in [-0.15, -0.1) is 0 Å². The Morgan fingerprint density at radius 1 is 0.471 bits per heavy atom. The van der Waals surface area contributed by atoms with Crippen molar-refractivity contribution in [1.82, 2.24) is 31.1 Å². The summed E-state index contributed by atoms with van der Waals surface area (Å²) in [6.07, 6.45) is 0. The minimum atomic E-state index is -1.53. The summed E-state index contributed by atoms with van der Waals surface area (Å²) >= 11 is 0. The Balaban J connectivity index is -0.000000554. The second-order valence-corrected chi connectivity index (χ2v) is 6.91. The van der Waals surface area contributed by atoms with E-state index in [2.05, 4.69) is 21.3 Å². The van der Waals surface area contributed by atoms with Gasteiger partial charge in [0.05, 0.1) is 23.9 Å². The molecule has 0 spiro atoms. The maximum absolute atomic E-state index is 10.4. The number of carboxylic acids is 4. The molecular weight excluding hydrogens is 508 g/mol. The molecule has 0 saturated carbocycles. The van der Waals surface area contributed by atoms with Gasteiger partial charge in [-0.2, -0.15) is 0 Å². The van der Waals surface area contributed by atoms with Gasteiger partial charge >= 0.3 is 75.5 Å². The Hall–Kier alpha value is 0.159. The Labute approximate surface area is 259 Å². The molecular formula is C18H32Ca2N6O8. The molecule has 2 aliphatic rings. The molecule has 34 heavy (non-hydrogen) atoms. The second kappa shape index (κ2) is 26.2. The van der Waals surface area contributed by atoms with E-state index < -0.39 is 50.1 Å². The molecule has 2 fully saturated rings. The molecule has 0 radical (unpaired) electrons. The minimum Gasteiger partial charge on any atom is -0.549 e. The Morgan fingerprint density at radius 3 is 0.765 bits per heavy atom. The first-order chi connectivity index (χ1) is 15.2. The van der Waals surface area contributed by atoms with Crippen LogP contribution < -0.4 is 41.7 Å². The summed E-state index contributed by atoms with van der Waals surface area (Å²) in [4.78, 5) is 43.4. The smallest absolute Gasteiger partial charge is 0.549 e. The number of carbonyl (C=O) groups excluding carboxylic acids is 4. The van der Waals surface area contributed by atoms with Crippen LogP contribution in [0.25, 0.3) is 0 Å². The number of carbonyl (C=O) groups is 4. The molecule has 0 unspecified atom stereocenters. The van der Waals surface area contributed by atoms with Crippen LogP contribution in [0.5, 0.6) is 0 Å². The van der Waals surface area contributed by atoms with E-state index >= 15 is 0 Å². The first-order valence-electron chi connectivity index (χ1n) is 10.3. The monoisotopic (exact) mass is 540 g/mol. The summed E-state index contributed by atoms with van der Waals surface area (Å²) in [6.45, 7) is 5.86. The van der Waals surface area contributed by atoms with Gasteiger partial charge in [0.25, 0.3) is 0 Å². The molecule has 0 aliphatic carbocycles. The molecule has 2 rings (SSSR count). The second-order valence-electron chi connectivity index (χ2n) is 6.91. The van der Waals surface area contributed by atoms with Gasteiger partial charge in [0, 0.05) is 91.6 Å². The third-order valence-electron chi connectivity index (χ3n) is 4.06. The fourth-order valence-corrected chi connectivity index (χ4v) is 2.65. The minimum absolute atomic E-state index is 0. The van der Waals surface area contributed by atoms with Crippen molar-refractivity contribution in [2.45, 2.75) is 0 Å². The summed E-state index contributed by atoms with van der Waals surface area (Å²) in [6, 6.07) is 0. The van der Waals surface area contributed by atoms with Crippen LogP contribution in [0.1, 0.15) is 0 Å². The molecule has 2 aliphatic heterocycles. The van der Waals surface area contributed by atoms with E-state index in [1.54, 1.807) is 0 Å². The van der Waals surface area contributed by atoms with Crippen molar-refractivity contribution in [3.8, 4) is 0 Å². The summed E-state index contributed by atoms with van der Waals surface area (Å²) in [5.41, 5.74) is 0. The zero-order chi connectivity index (χ0) is 24.2. The Kier molecular flexibility index (Phi) is 29.8. The van der Waals surface area contributed by atoms with E-state index in [1.807, 2.05) is 0 Å². The molecule has 0 aromatic rings. The molecule has 0 atom stereocenters. The number of nitrogens with zero attached hydrogens (tertiary/aromatic N) is 2. The van der Waals surface area contributed by atoms with Crippen LogP contribution in [0, 0.1) is 0 Å². The van der Waals surface area contributed by atoms with Crippen LogP contribution in [-0.2, 0) is 19.2 Å². The third-order valence-corrected chi connectivity index (χ3v) is 4.06. The first kappa shape index (κ1) is 38.7. The van der Waals surface area contributed by atoms with Gasteiger partial charge in [0.1, 0.15) is 0 Å². The van der Waals surface area contributed by atoms with Gasteiger partial charge in [-0.3, -0.25) is 9.80 Å². The summed E-state index contributed by atoms with van der Waals surface area (Å²) < 4.78 is 0. The predicted molar refractivity (Wildman–Crippen MR) is 116 cm³/mol. The fourth-order valence-electron chi connectivity index (χ4n) is 2.65. The summed E-state index contributed by atoms with van der Waals surface area (Å²) in [7, 11) is 0. The van der Waals surface area contributed by atoms with Gasteiger partial charge in [0.15, 0.2) is 0 Å². The molecule has 14 nitrogen and oxygen atoms in total. The zero-order valence-electron chi connectivity index (χ0n) is 19.5. The maximum Gasteiger partial charge on any atom is 2.00 e. The van der Waals surface area contributed by atoms with Crippen molar-refractivity contribution >= 4 is 99.4 Å². The van der Waals surface area contributed by atoms with E-state index in [-0.39, 0.29) is 88.6 Å². The van der Waals surface area contributed by atoms with Gasteiger partial charge in [0.2, 0.25) is 0 Å². The first-order valence-corrected chi connectivity index (χ1v) is 10.3. The molecule has 0 aromatic heterocycles. The average Bonchev–Trinajstić information content (AvgIpc) is 2.74. The van der Waals surface area contributed by atoms with Gasteiger partial charge < -0.3 is 60.9 Å². The van der Waals surface area contributed by atoms with Crippen LogP contribution in [-0.4, -0.2) is 201 Å². The zero-order valence-corrected chi connectivity index (χ0v) is 23.9. The maximum atomic E-state index is 10.4. The van der Waals surface area contributed by atoms with Crippen molar-refractivity contribution in [3.63, 3.8) is 0 Å². The number of carboxylic acid groups (broad SMARTS) is 4. The van der Waals surface area contributed by atoms with E-state index in [1.165, 1.54) is 0 Å².